The Morgan fingerprint density at radius 2 is 2.14 bits per heavy atom. The third kappa shape index (κ3) is 1.27. The molecule has 1 aliphatic carbocycles. The fourth-order valence-electron chi connectivity index (χ4n) is 2.21. The van der Waals surface area contributed by atoms with Crippen molar-refractivity contribution in [3.8, 4) is 0 Å². The number of carbonyl (C=O) groups excluding carboxylic acids is 1. The highest BCUT2D eigenvalue weighted by Crippen LogP contribution is 2.24. The molecule has 2 rings (SSSR count). The van der Waals surface area contributed by atoms with E-state index >= 15 is 0 Å². The lowest BCUT2D eigenvalue weighted by atomic mass is 9.94. The van der Waals surface area contributed by atoms with Gasteiger partial charge in [-0.1, -0.05) is 6.92 Å². The van der Waals surface area contributed by atoms with Crippen molar-refractivity contribution in [3.63, 3.8) is 0 Å². The Balaban J connectivity index is 2.55. The van der Waals surface area contributed by atoms with Crippen LogP contribution in [0.4, 0.5) is 0 Å². The van der Waals surface area contributed by atoms with Crippen molar-refractivity contribution in [1.82, 2.24) is 9.78 Å². The SMILES string of the molecule is CCc1c2c(nn1CC)CCCC2=O. The lowest BCUT2D eigenvalue weighted by Gasteiger charge is -2.09. The summed E-state index contributed by atoms with van der Waals surface area (Å²) in [6.45, 7) is 5.02. The van der Waals surface area contributed by atoms with E-state index in [1.807, 2.05) is 4.68 Å². The van der Waals surface area contributed by atoms with Crippen molar-refractivity contribution in [3.05, 3.63) is 17.0 Å². The average Bonchev–Trinajstić information content (AvgIpc) is 2.56. The monoisotopic (exact) mass is 192 g/mol. The molecule has 1 aromatic rings. The zero-order valence-electron chi connectivity index (χ0n) is 8.84. The maximum Gasteiger partial charge on any atom is 0.166 e. The van der Waals surface area contributed by atoms with Crippen LogP contribution in [0, 0.1) is 0 Å². The van der Waals surface area contributed by atoms with Crippen molar-refractivity contribution in [2.24, 2.45) is 0 Å². The molecule has 0 radical (unpaired) electrons. The maximum absolute atomic E-state index is 11.7. The van der Waals surface area contributed by atoms with Gasteiger partial charge in [0.1, 0.15) is 0 Å². The van der Waals surface area contributed by atoms with Crippen LogP contribution in [0.5, 0.6) is 0 Å². The van der Waals surface area contributed by atoms with Crippen molar-refractivity contribution >= 4 is 5.78 Å². The number of nitrogens with zero attached hydrogens (tertiary/aromatic N) is 2. The third-order valence-electron chi connectivity index (χ3n) is 2.86. The van der Waals surface area contributed by atoms with Gasteiger partial charge in [0, 0.05) is 18.7 Å². The van der Waals surface area contributed by atoms with E-state index in [1.165, 1.54) is 0 Å². The minimum absolute atomic E-state index is 0.294. The molecule has 76 valence electrons. The molecule has 0 atom stereocenters. The lowest BCUT2D eigenvalue weighted by molar-refractivity contribution is 0.0971. The lowest BCUT2D eigenvalue weighted by Crippen LogP contribution is -2.11. The summed E-state index contributed by atoms with van der Waals surface area (Å²) in [5, 5.41) is 4.49. The Morgan fingerprint density at radius 3 is 2.79 bits per heavy atom. The number of carbonyl (C=O) groups is 1. The number of fused-ring (bicyclic) bond motifs is 1. The molecule has 14 heavy (non-hydrogen) atoms. The van der Waals surface area contributed by atoms with Crippen LogP contribution in [-0.2, 0) is 19.4 Å². The Hall–Kier alpha value is -1.12. The molecule has 0 bridgehead atoms. The van der Waals surface area contributed by atoms with E-state index in [9.17, 15) is 4.79 Å². The summed E-state index contributed by atoms with van der Waals surface area (Å²) in [4.78, 5) is 11.7. The van der Waals surface area contributed by atoms with Gasteiger partial charge in [-0.25, -0.2) is 0 Å². The molecular formula is C11H16N2O. The molecule has 0 aliphatic heterocycles. The largest absolute Gasteiger partial charge is 0.294 e. The molecule has 1 aliphatic rings. The molecule has 3 heteroatoms. The molecule has 0 aromatic carbocycles. The first-order valence-electron chi connectivity index (χ1n) is 5.39. The highest BCUT2D eigenvalue weighted by molar-refractivity contribution is 5.99. The van der Waals surface area contributed by atoms with Gasteiger partial charge in [-0.2, -0.15) is 5.10 Å². The number of aryl methyl sites for hydroxylation is 2. The fourth-order valence-corrected chi connectivity index (χ4v) is 2.21. The van der Waals surface area contributed by atoms with E-state index in [-0.39, 0.29) is 0 Å². The predicted molar refractivity (Wildman–Crippen MR) is 54.5 cm³/mol. The second kappa shape index (κ2) is 3.56. The molecule has 1 aromatic heterocycles. The van der Waals surface area contributed by atoms with Gasteiger partial charge < -0.3 is 0 Å². The van der Waals surface area contributed by atoms with Crippen LogP contribution >= 0.6 is 0 Å². The van der Waals surface area contributed by atoms with E-state index in [0.717, 1.165) is 42.8 Å². The van der Waals surface area contributed by atoms with Gasteiger partial charge in [-0.3, -0.25) is 9.48 Å². The van der Waals surface area contributed by atoms with Crippen molar-refractivity contribution in [2.75, 3.05) is 0 Å². The minimum Gasteiger partial charge on any atom is -0.294 e. The Kier molecular flexibility index (Phi) is 2.40. The number of hydrogen-bond acceptors (Lipinski definition) is 2. The summed E-state index contributed by atoms with van der Waals surface area (Å²) in [5.41, 5.74) is 3.09. The van der Waals surface area contributed by atoms with Crippen molar-refractivity contribution in [1.29, 1.82) is 0 Å². The van der Waals surface area contributed by atoms with Crippen molar-refractivity contribution < 1.29 is 4.79 Å². The smallest absolute Gasteiger partial charge is 0.166 e. The number of ketones is 1. The zero-order chi connectivity index (χ0) is 10.1. The summed E-state index contributed by atoms with van der Waals surface area (Å²) < 4.78 is 1.98. The normalized spacial score (nSPS) is 15.7. The van der Waals surface area contributed by atoms with E-state index in [1.54, 1.807) is 0 Å². The maximum atomic E-state index is 11.7. The minimum atomic E-state index is 0.294. The van der Waals surface area contributed by atoms with Crippen LogP contribution in [0.25, 0.3) is 0 Å². The van der Waals surface area contributed by atoms with Crippen LogP contribution in [0.2, 0.25) is 0 Å². The summed E-state index contributed by atoms with van der Waals surface area (Å²) in [6.07, 6.45) is 3.55. The van der Waals surface area contributed by atoms with E-state index in [2.05, 4.69) is 18.9 Å². The Bertz CT molecular complexity index is 366. The predicted octanol–water partition coefficient (Wildman–Crippen LogP) is 1.98. The summed E-state index contributed by atoms with van der Waals surface area (Å²) in [7, 11) is 0. The Labute approximate surface area is 84.1 Å². The average molecular weight is 192 g/mol. The molecule has 0 unspecified atom stereocenters. The molecule has 0 fully saturated rings. The van der Waals surface area contributed by atoms with E-state index < -0.39 is 0 Å². The van der Waals surface area contributed by atoms with Gasteiger partial charge in [0.2, 0.25) is 0 Å². The molecule has 1 heterocycles. The van der Waals surface area contributed by atoms with Gasteiger partial charge >= 0.3 is 0 Å². The van der Waals surface area contributed by atoms with Crippen LogP contribution in [0.1, 0.15) is 48.4 Å². The van der Waals surface area contributed by atoms with Crippen LogP contribution in [0.3, 0.4) is 0 Å². The molecule has 0 saturated heterocycles. The second-order valence-corrected chi connectivity index (χ2v) is 3.71. The van der Waals surface area contributed by atoms with E-state index in [4.69, 9.17) is 0 Å². The zero-order valence-corrected chi connectivity index (χ0v) is 8.84. The van der Waals surface area contributed by atoms with E-state index in [0.29, 0.717) is 12.2 Å². The highest BCUT2D eigenvalue weighted by Gasteiger charge is 2.24. The summed E-state index contributed by atoms with van der Waals surface area (Å²) in [6, 6.07) is 0. The van der Waals surface area contributed by atoms with Crippen LogP contribution < -0.4 is 0 Å². The van der Waals surface area contributed by atoms with Gasteiger partial charge in [0.25, 0.3) is 0 Å². The standard InChI is InChI=1S/C11H16N2O/c1-3-9-11-8(12-13(9)4-2)6-5-7-10(11)14/h3-7H2,1-2H3. The highest BCUT2D eigenvalue weighted by atomic mass is 16.1. The van der Waals surface area contributed by atoms with Gasteiger partial charge in [-0.15, -0.1) is 0 Å². The van der Waals surface area contributed by atoms with Crippen molar-refractivity contribution in [2.45, 2.75) is 46.1 Å². The van der Waals surface area contributed by atoms with Crippen LogP contribution in [0.15, 0.2) is 0 Å². The number of hydrogen-bond donors (Lipinski definition) is 0. The first-order valence-corrected chi connectivity index (χ1v) is 5.39. The van der Waals surface area contributed by atoms with Crippen LogP contribution in [-0.4, -0.2) is 15.6 Å². The number of Topliss-reactive ketones (excluding diaryl/α,β-unsaturated/α-hetero) is 1. The quantitative estimate of drug-likeness (QED) is 0.718. The third-order valence-corrected chi connectivity index (χ3v) is 2.86. The Morgan fingerprint density at radius 1 is 1.36 bits per heavy atom. The first-order chi connectivity index (χ1) is 6.77. The molecule has 0 amide bonds. The summed E-state index contributed by atoms with van der Waals surface area (Å²) in [5.74, 6) is 0.294. The topological polar surface area (TPSA) is 34.9 Å². The fraction of sp³-hybridized carbons (Fsp3) is 0.636. The second-order valence-electron chi connectivity index (χ2n) is 3.71. The van der Waals surface area contributed by atoms with Gasteiger partial charge in [0.15, 0.2) is 5.78 Å². The van der Waals surface area contributed by atoms with Gasteiger partial charge in [-0.05, 0) is 26.2 Å². The van der Waals surface area contributed by atoms with Gasteiger partial charge in [0.05, 0.1) is 11.3 Å². The molecule has 0 N–H and O–H groups in total. The summed E-state index contributed by atoms with van der Waals surface area (Å²) >= 11 is 0. The number of rotatable bonds is 2. The number of aromatic nitrogens is 2. The molecule has 0 saturated carbocycles. The molecule has 0 spiro atoms. The molecule has 3 nitrogen and oxygen atoms in total. The molecular weight excluding hydrogens is 176 g/mol. The first kappa shape index (κ1) is 9.44.